The standard InChI is InChI=1S/C21H22N4O3/c1-12-4-2-3-5-15(12)18(26)16-10-22-19-17(16)20(24-11-23-19)25-14-8-6-13(7-9-14)21(27)28/h2-5,10-11,13-14H,6-9H2,1H3,(H,27,28)(H2,22,23,24,25)/t13-,14-. The highest BCUT2D eigenvalue weighted by Gasteiger charge is 2.27. The average molecular weight is 378 g/mol. The maximum absolute atomic E-state index is 13.1. The molecule has 0 amide bonds. The Kier molecular flexibility index (Phi) is 4.81. The van der Waals surface area contributed by atoms with Crippen LogP contribution in [0.2, 0.25) is 0 Å². The number of anilines is 1. The number of carboxylic acid groups (broad SMARTS) is 1. The van der Waals surface area contributed by atoms with Crippen molar-refractivity contribution >= 4 is 28.6 Å². The molecule has 7 nitrogen and oxygen atoms in total. The van der Waals surface area contributed by atoms with Crippen molar-refractivity contribution in [1.82, 2.24) is 15.0 Å². The van der Waals surface area contributed by atoms with E-state index in [2.05, 4.69) is 20.3 Å². The van der Waals surface area contributed by atoms with Crippen molar-refractivity contribution in [2.24, 2.45) is 5.92 Å². The molecule has 144 valence electrons. The van der Waals surface area contributed by atoms with Gasteiger partial charge in [-0.1, -0.05) is 24.3 Å². The maximum Gasteiger partial charge on any atom is 0.306 e. The van der Waals surface area contributed by atoms with Gasteiger partial charge in [0, 0.05) is 17.8 Å². The van der Waals surface area contributed by atoms with Crippen LogP contribution in [-0.4, -0.2) is 37.9 Å². The van der Waals surface area contributed by atoms with Gasteiger partial charge in [-0.15, -0.1) is 0 Å². The Morgan fingerprint density at radius 2 is 1.86 bits per heavy atom. The number of aromatic amines is 1. The number of nitrogens with zero attached hydrogens (tertiary/aromatic N) is 2. The van der Waals surface area contributed by atoms with E-state index in [0.717, 1.165) is 18.4 Å². The van der Waals surface area contributed by atoms with Gasteiger partial charge in [0.05, 0.1) is 16.9 Å². The molecule has 0 bridgehead atoms. The first-order chi connectivity index (χ1) is 13.5. The number of hydrogen-bond acceptors (Lipinski definition) is 5. The van der Waals surface area contributed by atoms with Gasteiger partial charge in [0.15, 0.2) is 5.78 Å². The summed E-state index contributed by atoms with van der Waals surface area (Å²) in [6.45, 7) is 1.92. The van der Waals surface area contributed by atoms with Crippen LogP contribution in [0.3, 0.4) is 0 Å². The van der Waals surface area contributed by atoms with E-state index in [9.17, 15) is 14.7 Å². The number of aryl methyl sites for hydroxylation is 1. The molecule has 0 radical (unpaired) electrons. The van der Waals surface area contributed by atoms with Gasteiger partial charge in [0.1, 0.15) is 17.8 Å². The Bertz CT molecular complexity index is 1040. The second-order valence-electron chi connectivity index (χ2n) is 7.32. The Morgan fingerprint density at radius 1 is 1.11 bits per heavy atom. The summed E-state index contributed by atoms with van der Waals surface area (Å²) < 4.78 is 0. The van der Waals surface area contributed by atoms with Crippen LogP contribution in [0.5, 0.6) is 0 Å². The predicted molar refractivity (Wildman–Crippen MR) is 106 cm³/mol. The van der Waals surface area contributed by atoms with Crippen LogP contribution in [0.15, 0.2) is 36.8 Å². The smallest absolute Gasteiger partial charge is 0.306 e. The van der Waals surface area contributed by atoms with Crippen molar-refractivity contribution in [2.75, 3.05) is 5.32 Å². The SMILES string of the molecule is Cc1ccccc1C(=O)c1c[nH]c2ncnc(N[C@H]3CC[C@H](C(=O)O)CC3)c12. The summed E-state index contributed by atoms with van der Waals surface area (Å²) in [4.78, 5) is 36.0. The van der Waals surface area contributed by atoms with Crippen LogP contribution in [-0.2, 0) is 4.79 Å². The van der Waals surface area contributed by atoms with Gasteiger partial charge in [-0.25, -0.2) is 9.97 Å². The molecule has 0 aliphatic heterocycles. The lowest BCUT2D eigenvalue weighted by Crippen LogP contribution is -2.29. The summed E-state index contributed by atoms with van der Waals surface area (Å²) in [5.74, 6) is -0.452. The molecule has 1 aliphatic rings. The Morgan fingerprint density at radius 3 is 2.57 bits per heavy atom. The van der Waals surface area contributed by atoms with E-state index in [1.165, 1.54) is 6.33 Å². The number of ketones is 1. The molecule has 28 heavy (non-hydrogen) atoms. The van der Waals surface area contributed by atoms with E-state index in [4.69, 9.17) is 0 Å². The number of aliphatic carboxylic acids is 1. The number of benzene rings is 1. The first kappa shape index (κ1) is 18.2. The largest absolute Gasteiger partial charge is 0.481 e. The number of carboxylic acids is 1. The number of carbonyl (C=O) groups excluding carboxylic acids is 1. The summed E-state index contributed by atoms with van der Waals surface area (Å²) >= 11 is 0. The predicted octanol–water partition coefficient (Wildman–Crippen LogP) is 3.55. The number of carbonyl (C=O) groups is 2. The van der Waals surface area contributed by atoms with Crippen molar-refractivity contribution in [1.29, 1.82) is 0 Å². The van der Waals surface area contributed by atoms with E-state index >= 15 is 0 Å². The molecule has 2 heterocycles. The van der Waals surface area contributed by atoms with Gasteiger partial charge in [0.25, 0.3) is 0 Å². The monoisotopic (exact) mass is 378 g/mol. The zero-order valence-electron chi connectivity index (χ0n) is 15.6. The van der Waals surface area contributed by atoms with E-state index in [-0.39, 0.29) is 17.7 Å². The van der Waals surface area contributed by atoms with Crippen molar-refractivity contribution in [3.8, 4) is 0 Å². The third-order valence-electron chi connectivity index (χ3n) is 5.52. The van der Waals surface area contributed by atoms with Crippen LogP contribution < -0.4 is 5.32 Å². The molecule has 1 fully saturated rings. The molecule has 0 spiro atoms. The van der Waals surface area contributed by atoms with Crippen molar-refractivity contribution in [3.63, 3.8) is 0 Å². The van der Waals surface area contributed by atoms with Crippen LogP contribution in [0.4, 0.5) is 5.82 Å². The molecule has 0 unspecified atom stereocenters. The van der Waals surface area contributed by atoms with Crippen LogP contribution in [0.25, 0.3) is 11.0 Å². The van der Waals surface area contributed by atoms with Crippen molar-refractivity contribution < 1.29 is 14.7 Å². The van der Waals surface area contributed by atoms with Crippen molar-refractivity contribution in [3.05, 3.63) is 53.5 Å². The molecule has 2 aromatic heterocycles. The number of aromatic nitrogens is 3. The van der Waals surface area contributed by atoms with Gasteiger partial charge in [0.2, 0.25) is 0 Å². The number of rotatable bonds is 5. The van der Waals surface area contributed by atoms with Gasteiger partial charge < -0.3 is 15.4 Å². The molecule has 1 aromatic carbocycles. The summed E-state index contributed by atoms with van der Waals surface area (Å²) in [5.41, 5.74) is 2.71. The van der Waals surface area contributed by atoms with Crippen LogP contribution in [0, 0.1) is 12.8 Å². The van der Waals surface area contributed by atoms with Gasteiger partial charge in [-0.05, 0) is 38.2 Å². The fraction of sp³-hybridized carbons (Fsp3) is 0.333. The van der Waals surface area contributed by atoms with Crippen LogP contribution >= 0.6 is 0 Å². The van der Waals surface area contributed by atoms with Gasteiger partial charge >= 0.3 is 5.97 Å². The lowest BCUT2D eigenvalue weighted by Gasteiger charge is -2.27. The normalized spacial score (nSPS) is 19.5. The number of nitrogens with one attached hydrogen (secondary N) is 2. The molecule has 1 aliphatic carbocycles. The average Bonchev–Trinajstić information content (AvgIpc) is 3.13. The molecule has 3 N–H and O–H groups in total. The maximum atomic E-state index is 13.1. The number of H-pyrrole nitrogens is 1. The second kappa shape index (κ2) is 7.42. The highest BCUT2D eigenvalue weighted by molar-refractivity contribution is 6.18. The number of hydrogen-bond donors (Lipinski definition) is 3. The fourth-order valence-electron chi connectivity index (χ4n) is 3.90. The summed E-state index contributed by atoms with van der Waals surface area (Å²) in [5, 5.41) is 13.3. The quantitative estimate of drug-likeness (QED) is 0.586. The summed E-state index contributed by atoms with van der Waals surface area (Å²) in [7, 11) is 0. The van der Waals surface area contributed by atoms with Gasteiger partial charge in [-0.3, -0.25) is 9.59 Å². The van der Waals surface area contributed by atoms with E-state index in [1.807, 2.05) is 31.2 Å². The van der Waals surface area contributed by atoms with E-state index in [1.54, 1.807) is 6.20 Å². The number of fused-ring (bicyclic) bond motifs is 1. The van der Waals surface area contributed by atoms with E-state index in [0.29, 0.717) is 40.8 Å². The molecule has 0 atom stereocenters. The highest BCUT2D eigenvalue weighted by atomic mass is 16.4. The first-order valence-corrected chi connectivity index (χ1v) is 9.46. The zero-order chi connectivity index (χ0) is 19.7. The van der Waals surface area contributed by atoms with E-state index < -0.39 is 5.97 Å². The molecular weight excluding hydrogens is 356 g/mol. The lowest BCUT2D eigenvalue weighted by molar-refractivity contribution is -0.142. The zero-order valence-corrected chi connectivity index (χ0v) is 15.6. The van der Waals surface area contributed by atoms with Crippen molar-refractivity contribution in [2.45, 2.75) is 38.6 Å². The summed E-state index contributed by atoms with van der Waals surface area (Å²) in [6.07, 6.45) is 5.95. The third kappa shape index (κ3) is 3.35. The minimum Gasteiger partial charge on any atom is -0.481 e. The second-order valence-corrected chi connectivity index (χ2v) is 7.32. The molecule has 4 rings (SSSR count). The molecule has 1 saturated carbocycles. The fourth-order valence-corrected chi connectivity index (χ4v) is 3.90. The molecule has 7 heteroatoms. The topological polar surface area (TPSA) is 108 Å². The lowest BCUT2D eigenvalue weighted by atomic mass is 9.86. The van der Waals surface area contributed by atoms with Gasteiger partial charge in [-0.2, -0.15) is 0 Å². The minimum atomic E-state index is -0.723. The molecule has 3 aromatic rings. The Labute approximate surface area is 162 Å². The highest BCUT2D eigenvalue weighted by Crippen LogP contribution is 2.30. The first-order valence-electron chi connectivity index (χ1n) is 9.46. The minimum absolute atomic E-state index is 0.0724. The molecule has 0 saturated heterocycles. The summed E-state index contributed by atoms with van der Waals surface area (Å²) in [6, 6.07) is 7.63. The Hall–Kier alpha value is -3.22. The van der Waals surface area contributed by atoms with Crippen LogP contribution in [0.1, 0.15) is 47.2 Å². The molecular formula is C21H22N4O3. The Balaban J connectivity index is 1.64. The third-order valence-corrected chi connectivity index (χ3v) is 5.52.